The summed E-state index contributed by atoms with van der Waals surface area (Å²) in [7, 11) is 0. The van der Waals surface area contributed by atoms with Crippen molar-refractivity contribution in [3.8, 4) is 5.75 Å². The number of amides is 3. The van der Waals surface area contributed by atoms with Crippen LogP contribution in [0.1, 0.15) is 37.5 Å². The molecule has 2 aromatic carbocycles. The maximum atomic E-state index is 14.8. The Morgan fingerprint density at radius 3 is 2.62 bits per heavy atom. The summed E-state index contributed by atoms with van der Waals surface area (Å²) in [5.41, 5.74) is 0.423. The number of nitrogens with zero attached hydrogens (tertiary/aromatic N) is 2. The van der Waals surface area contributed by atoms with Crippen LogP contribution in [0.3, 0.4) is 0 Å². The number of hydrogen-bond acceptors (Lipinski definition) is 5. The zero-order valence-corrected chi connectivity index (χ0v) is 20.2. The van der Waals surface area contributed by atoms with Crippen LogP contribution >= 0.6 is 23.2 Å². The molecule has 2 aromatic rings. The normalized spacial score (nSPS) is 26.2. The summed E-state index contributed by atoms with van der Waals surface area (Å²) in [4.78, 5) is 28.4. The van der Waals surface area contributed by atoms with Crippen molar-refractivity contribution in [3.63, 3.8) is 0 Å². The molecule has 0 bridgehead atoms. The number of imide groups is 1. The average Bonchev–Trinajstić information content (AvgIpc) is 3.39. The molecular weight excluding hydrogens is 484 g/mol. The summed E-state index contributed by atoms with van der Waals surface area (Å²) in [5.74, 6) is -0.540. The van der Waals surface area contributed by atoms with Gasteiger partial charge in [-0.1, -0.05) is 23.2 Å². The van der Waals surface area contributed by atoms with Gasteiger partial charge in [0.15, 0.2) is 0 Å². The first kappa shape index (κ1) is 23.4. The fraction of sp³-hybridized carbons (Fsp3) is 0.417. The summed E-state index contributed by atoms with van der Waals surface area (Å²) >= 11 is 12.6. The summed E-state index contributed by atoms with van der Waals surface area (Å²) in [5, 5.41) is 13.3. The lowest BCUT2D eigenvalue weighted by Crippen LogP contribution is -2.40. The number of benzene rings is 2. The Balaban J connectivity index is 1.52. The lowest BCUT2D eigenvalue weighted by atomic mass is 10.1. The molecule has 2 aliphatic heterocycles. The molecule has 0 saturated carbocycles. The Kier molecular flexibility index (Phi) is 5.75. The Morgan fingerprint density at radius 2 is 1.97 bits per heavy atom. The van der Waals surface area contributed by atoms with Crippen molar-refractivity contribution in [2.24, 2.45) is 0 Å². The summed E-state index contributed by atoms with van der Waals surface area (Å²) in [6.45, 7) is 4.37. The number of hydrogen-bond donors (Lipinski definition) is 2. The van der Waals surface area contributed by atoms with Gasteiger partial charge in [0.05, 0.1) is 22.9 Å². The van der Waals surface area contributed by atoms with E-state index in [1.54, 1.807) is 32.0 Å². The third-order valence-corrected chi connectivity index (χ3v) is 7.25. The molecule has 1 aliphatic carbocycles. The molecule has 2 N–H and O–H groups in total. The molecule has 34 heavy (non-hydrogen) atoms. The van der Waals surface area contributed by atoms with Crippen LogP contribution in [0.4, 0.5) is 14.9 Å². The van der Waals surface area contributed by atoms with E-state index in [0.29, 0.717) is 42.7 Å². The number of β-amino-alcohol motifs (C(OH)–C–C–N with tert-alkyl or cyclic N) is 1. The van der Waals surface area contributed by atoms with E-state index in [1.165, 1.54) is 12.1 Å². The first-order valence-electron chi connectivity index (χ1n) is 11.1. The number of rotatable bonds is 4. The fourth-order valence-electron chi connectivity index (χ4n) is 4.99. The largest absolute Gasteiger partial charge is 0.482 e. The molecule has 0 aromatic heterocycles. The number of ether oxygens (including phenoxy) is 1. The average molecular weight is 508 g/mol. The lowest BCUT2D eigenvalue weighted by Gasteiger charge is -2.30. The topological polar surface area (TPSA) is 82.1 Å². The number of nitrogens with one attached hydrogen (secondary N) is 1. The third kappa shape index (κ3) is 3.92. The molecule has 10 heteroatoms. The minimum atomic E-state index is -1.03. The quantitative estimate of drug-likeness (QED) is 0.609. The zero-order valence-electron chi connectivity index (χ0n) is 18.6. The molecule has 3 aliphatic rings. The fourth-order valence-corrected chi connectivity index (χ4v) is 5.36. The molecule has 3 amide bonds. The highest BCUT2D eigenvalue weighted by atomic mass is 35.5. The van der Waals surface area contributed by atoms with Crippen LogP contribution in [0.5, 0.6) is 5.75 Å². The number of aliphatic hydroxyl groups is 1. The van der Waals surface area contributed by atoms with Gasteiger partial charge in [0.1, 0.15) is 23.2 Å². The number of aliphatic hydroxyl groups excluding tert-OH is 1. The molecule has 0 radical (unpaired) electrons. The van der Waals surface area contributed by atoms with E-state index in [2.05, 4.69) is 10.2 Å². The smallest absolute Gasteiger partial charge is 0.329 e. The second-order valence-electron chi connectivity index (χ2n) is 9.51. The van der Waals surface area contributed by atoms with Crippen LogP contribution in [0.25, 0.3) is 0 Å². The van der Waals surface area contributed by atoms with Crippen molar-refractivity contribution in [2.45, 2.75) is 50.5 Å². The van der Waals surface area contributed by atoms with Crippen molar-refractivity contribution in [3.05, 3.63) is 57.3 Å². The molecule has 2 heterocycles. The van der Waals surface area contributed by atoms with Gasteiger partial charge < -0.3 is 15.2 Å². The minimum Gasteiger partial charge on any atom is -0.482 e. The summed E-state index contributed by atoms with van der Waals surface area (Å²) in [6.07, 6.45) is -0.0385. The van der Waals surface area contributed by atoms with Gasteiger partial charge in [-0.3, -0.25) is 9.69 Å². The Bertz CT molecular complexity index is 1190. The lowest BCUT2D eigenvalue weighted by molar-refractivity contribution is -0.121. The number of likely N-dealkylation sites (tertiary alicyclic amines) is 1. The zero-order chi connectivity index (χ0) is 24.4. The Hall–Kier alpha value is -2.39. The van der Waals surface area contributed by atoms with E-state index in [1.807, 2.05) is 0 Å². The van der Waals surface area contributed by atoms with Gasteiger partial charge in [-0.05, 0) is 56.5 Å². The van der Waals surface area contributed by atoms with Gasteiger partial charge in [0.2, 0.25) is 0 Å². The van der Waals surface area contributed by atoms with Crippen LogP contribution in [0.15, 0.2) is 30.3 Å². The molecule has 5 rings (SSSR count). The Labute approximate surface area is 206 Å². The highest BCUT2D eigenvalue weighted by molar-refractivity contribution is 6.32. The number of halogens is 3. The van der Waals surface area contributed by atoms with Crippen LogP contribution in [-0.2, 0) is 11.2 Å². The van der Waals surface area contributed by atoms with E-state index in [4.69, 9.17) is 27.9 Å². The number of fused-ring (bicyclic) bond motifs is 1. The monoisotopic (exact) mass is 507 g/mol. The second kappa shape index (κ2) is 8.37. The molecule has 2 fully saturated rings. The predicted molar refractivity (Wildman–Crippen MR) is 126 cm³/mol. The van der Waals surface area contributed by atoms with Gasteiger partial charge in [-0.15, -0.1) is 0 Å². The molecule has 3 atom stereocenters. The molecule has 0 spiro atoms. The van der Waals surface area contributed by atoms with Crippen molar-refractivity contribution in [2.75, 3.05) is 18.0 Å². The summed E-state index contributed by atoms with van der Waals surface area (Å²) < 4.78 is 21.2. The Morgan fingerprint density at radius 1 is 1.21 bits per heavy atom. The molecular formula is C24H24Cl2FN3O4. The summed E-state index contributed by atoms with van der Waals surface area (Å²) in [6, 6.07) is 6.86. The molecule has 2 saturated heterocycles. The molecule has 0 unspecified atom stereocenters. The maximum absolute atomic E-state index is 14.8. The van der Waals surface area contributed by atoms with Crippen molar-refractivity contribution in [1.29, 1.82) is 0 Å². The van der Waals surface area contributed by atoms with E-state index in [-0.39, 0.29) is 21.8 Å². The number of anilines is 1. The van der Waals surface area contributed by atoms with E-state index < -0.39 is 35.5 Å². The highest BCUT2D eigenvalue weighted by Crippen LogP contribution is 2.43. The first-order chi connectivity index (χ1) is 16.0. The van der Waals surface area contributed by atoms with Crippen LogP contribution in [-0.4, -0.2) is 52.7 Å². The van der Waals surface area contributed by atoms with E-state index in [9.17, 15) is 19.1 Å². The van der Waals surface area contributed by atoms with E-state index in [0.717, 1.165) is 4.90 Å². The molecule has 7 nitrogen and oxygen atoms in total. The number of urea groups is 1. The van der Waals surface area contributed by atoms with Crippen molar-refractivity contribution < 1.29 is 23.8 Å². The predicted octanol–water partition coefficient (Wildman–Crippen LogP) is 4.08. The SMILES string of the molecule is CC1(C)NC(=O)N(c2ccc(Cl)c(O[C@H]3c4cc(Cl)cc(F)c4C[C@@H]3N3CC[C@@H](O)C3)c2)C1=O. The number of carbonyl (C=O) groups is 2. The number of carbonyl (C=O) groups excluding carboxylic acids is 2. The van der Waals surface area contributed by atoms with Crippen LogP contribution in [0, 0.1) is 5.82 Å². The van der Waals surface area contributed by atoms with Gasteiger partial charge in [-0.2, -0.15) is 0 Å². The standard InChI is InChI=1S/C24H24Cl2FN3O4/c1-24(2)22(32)30(23(33)28-24)13-3-4-17(26)20(9-13)34-21-16-7-12(25)8-18(27)15(16)10-19(21)29-6-5-14(31)11-29/h3-4,7-9,14,19,21,31H,5-6,10-11H2,1-2H3,(H,28,33)/t14-,19+,21+/m1/s1. The van der Waals surface area contributed by atoms with Gasteiger partial charge >= 0.3 is 6.03 Å². The van der Waals surface area contributed by atoms with Gasteiger partial charge in [0.25, 0.3) is 5.91 Å². The third-order valence-electron chi connectivity index (χ3n) is 6.72. The van der Waals surface area contributed by atoms with Crippen molar-refractivity contribution in [1.82, 2.24) is 10.2 Å². The van der Waals surface area contributed by atoms with Crippen LogP contribution in [0.2, 0.25) is 10.0 Å². The maximum Gasteiger partial charge on any atom is 0.329 e. The van der Waals surface area contributed by atoms with E-state index >= 15 is 0 Å². The highest BCUT2D eigenvalue weighted by Gasteiger charge is 2.46. The molecule has 180 valence electrons. The van der Waals surface area contributed by atoms with Gasteiger partial charge in [-0.25, -0.2) is 14.1 Å². The first-order valence-corrected chi connectivity index (χ1v) is 11.8. The minimum absolute atomic E-state index is 0.240. The van der Waals surface area contributed by atoms with Crippen molar-refractivity contribution >= 4 is 40.8 Å². The second-order valence-corrected chi connectivity index (χ2v) is 10.4. The van der Waals surface area contributed by atoms with Gasteiger partial charge in [0, 0.05) is 29.7 Å². The van der Waals surface area contributed by atoms with Crippen LogP contribution < -0.4 is 15.0 Å².